The number of rotatable bonds is 1. The maximum absolute atomic E-state index is 17.2. The lowest BCUT2D eigenvalue weighted by atomic mass is 10.0. The van der Waals surface area contributed by atoms with E-state index < -0.39 is 28.6 Å². The number of fused-ring (bicyclic) bond motifs is 20. The van der Waals surface area contributed by atoms with E-state index >= 15 is 18.3 Å². The smallest absolute Gasteiger partial charge is 0.186 e. The Balaban J connectivity index is 0.749. The molecular formula is C68H34O12P4. The summed E-state index contributed by atoms with van der Waals surface area (Å²) in [5, 5.41) is 8.59. The summed E-state index contributed by atoms with van der Waals surface area (Å²) < 4.78 is 119. The van der Waals surface area contributed by atoms with E-state index in [0.717, 1.165) is 5.39 Å². The monoisotopic (exact) mass is 1170 g/mol. The molecule has 8 aliphatic rings. The van der Waals surface area contributed by atoms with Crippen LogP contribution in [0.1, 0.15) is 0 Å². The predicted molar refractivity (Wildman–Crippen MR) is 325 cm³/mol. The molecule has 84 heavy (non-hydrogen) atoms. The Bertz CT molecular complexity index is 5440. The maximum atomic E-state index is 17.2. The largest absolute Gasteiger partial charge is 0.456 e. The van der Waals surface area contributed by atoms with Crippen LogP contribution in [0.25, 0.3) is 32.7 Å². The van der Waals surface area contributed by atoms with E-state index in [2.05, 4.69) is 0 Å². The second-order valence-corrected chi connectivity index (χ2v) is 32.3. The van der Waals surface area contributed by atoms with Gasteiger partial charge in [0.25, 0.3) is 0 Å². The van der Waals surface area contributed by atoms with Crippen molar-refractivity contribution in [3.05, 3.63) is 206 Å². The molecule has 0 saturated heterocycles. The van der Waals surface area contributed by atoms with Crippen LogP contribution in [0.15, 0.2) is 206 Å². The SMILES string of the molecule is O=P12c3ccccc3Oc3cccc(c31)Oc1cc3cc4c(cc3cc12)Oc1cccc2c1P4(=O)c1ccc(-c3ccc4c5c3Oc3ccccc3P5(=O)c3c(ccc5c6c(ccc35)Oc3cccc5c3P6(=O)c3ccccc3O5)O4)cc1O2. The summed E-state index contributed by atoms with van der Waals surface area (Å²) in [5.74, 6) is 6.89. The van der Waals surface area contributed by atoms with Gasteiger partial charge < -0.3 is 56.2 Å². The van der Waals surface area contributed by atoms with E-state index in [1.807, 2.05) is 194 Å². The second kappa shape index (κ2) is 15.4. The minimum Gasteiger partial charge on any atom is -0.456 e. The summed E-state index contributed by atoms with van der Waals surface area (Å²) in [5.41, 5.74) is 1.24. The van der Waals surface area contributed by atoms with Gasteiger partial charge in [-0.3, -0.25) is 0 Å². The van der Waals surface area contributed by atoms with Crippen molar-refractivity contribution in [2.75, 3.05) is 0 Å². The highest BCUT2D eigenvalue weighted by atomic mass is 31.2. The van der Waals surface area contributed by atoms with E-state index in [0.29, 0.717) is 183 Å². The van der Waals surface area contributed by atoms with Gasteiger partial charge in [0.1, 0.15) is 113 Å². The lowest BCUT2D eigenvalue weighted by molar-refractivity contribution is 0.460. The molecule has 0 saturated carbocycles. The fourth-order valence-corrected chi connectivity index (χ4v) is 26.8. The Morgan fingerprint density at radius 1 is 0.226 bits per heavy atom. The molecule has 20 rings (SSSR count). The Labute approximate surface area is 476 Å². The summed E-state index contributed by atoms with van der Waals surface area (Å²) in [6, 6.07) is 62.8. The molecule has 0 fully saturated rings. The standard InChI is InChI=1S/C68H34O12P4/c69-81-56-19-4-1-10-41(56)73-44-13-7-15-46(65(44)81)78-54-31-37-34-61-55(32-36(37)33-60(54)81)79-47-16-8-14-45-66(47)82(61,70)59-29-22-35(30-53(59)77-45)38-23-26-52-68-62(38)80-43-12-3-6-21-58(43)84(68,72)64-40-25-27-50-63(39(40)24-28-51(64)76-52)83(71)57-20-5-2-11-42(57)74-48-17-9-18-49(75-50)67(48)83/h1-34H. The van der Waals surface area contributed by atoms with Crippen LogP contribution in [0, 0.1) is 0 Å². The lowest BCUT2D eigenvalue weighted by Crippen LogP contribution is -2.37. The van der Waals surface area contributed by atoms with Gasteiger partial charge in [0.05, 0.1) is 42.4 Å². The van der Waals surface area contributed by atoms with Crippen molar-refractivity contribution in [2.24, 2.45) is 0 Å². The first-order valence-electron chi connectivity index (χ1n) is 27.2. The number of para-hydroxylation sites is 3. The van der Waals surface area contributed by atoms with Gasteiger partial charge in [0.2, 0.25) is 0 Å². The van der Waals surface area contributed by atoms with Crippen LogP contribution in [0.4, 0.5) is 0 Å². The number of ether oxygens (including phenoxy) is 8. The summed E-state index contributed by atoms with van der Waals surface area (Å²) in [7, 11) is -14.9. The molecule has 4 unspecified atom stereocenters. The molecule has 398 valence electrons. The molecule has 8 aliphatic heterocycles. The van der Waals surface area contributed by atoms with Crippen LogP contribution in [-0.4, -0.2) is 0 Å². The summed E-state index contributed by atoms with van der Waals surface area (Å²) in [6.45, 7) is 0. The molecule has 8 heterocycles. The molecule has 12 nitrogen and oxygen atoms in total. The van der Waals surface area contributed by atoms with Crippen LogP contribution in [0.3, 0.4) is 0 Å². The fourth-order valence-electron chi connectivity index (χ4n) is 14.1. The molecule has 0 N–H and O–H groups in total. The van der Waals surface area contributed by atoms with Gasteiger partial charge in [0.15, 0.2) is 28.6 Å². The summed E-state index contributed by atoms with van der Waals surface area (Å²) >= 11 is 0. The van der Waals surface area contributed by atoms with Gasteiger partial charge in [-0.2, -0.15) is 0 Å². The first-order valence-corrected chi connectivity index (χ1v) is 34.0. The molecule has 12 aromatic rings. The third-order valence-electron chi connectivity index (χ3n) is 17.6. The highest BCUT2D eigenvalue weighted by molar-refractivity contribution is 7.88. The molecule has 12 aromatic carbocycles. The predicted octanol–water partition coefficient (Wildman–Crippen LogP) is 13.1. The van der Waals surface area contributed by atoms with Crippen LogP contribution in [-0.2, 0) is 18.3 Å². The highest BCUT2D eigenvalue weighted by Gasteiger charge is 2.53. The van der Waals surface area contributed by atoms with Crippen LogP contribution in [0.5, 0.6) is 92.0 Å². The van der Waals surface area contributed by atoms with Crippen molar-refractivity contribution in [1.82, 2.24) is 0 Å². The average Bonchev–Trinajstić information content (AvgIpc) is 0.788. The van der Waals surface area contributed by atoms with Crippen molar-refractivity contribution < 1.29 is 56.2 Å². The third kappa shape index (κ3) is 5.42. The zero-order valence-electron chi connectivity index (χ0n) is 43.3. The van der Waals surface area contributed by atoms with E-state index in [-0.39, 0.29) is 0 Å². The normalized spacial score (nSPS) is 21.3. The van der Waals surface area contributed by atoms with E-state index in [1.165, 1.54) is 0 Å². The van der Waals surface area contributed by atoms with Gasteiger partial charge in [0, 0.05) is 5.56 Å². The zero-order chi connectivity index (χ0) is 55.3. The lowest BCUT2D eigenvalue weighted by Gasteiger charge is -2.37. The topological polar surface area (TPSA) is 142 Å². The Kier molecular flexibility index (Phi) is 8.42. The second-order valence-electron chi connectivity index (χ2n) is 21.8. The minimum absolute atomic E-state index is 0.340. The molecule has 0 bridgehead atoms. The number of hydrogen-bond donors (Lipinski definition) is 0. The molecule has 0 aliphatic carbocycles. The van der Waals surface area contributed by atoms with Crippen LogP contribution < -0.4 is 102 Å². The minimum atomic E-state index is -3.94. The first kappa shape index (κ1) is 46.0. The first-order chi connectivity index (χ1) is 41.1. The quantitative estimate of drug-likeness (QED) is 0.144. The Morgan fingerprint density at radius 3 is 1.07 bits per heavy atom. The van der Waals surface area contributed by atoms with Crippen molar-refractivity contribution in [2.45, 2.75) is 0 Å². The maximum Gasteiger partial charge on any atom is 0.186 e. The highest BCUT2D eigenvalue weighted by Crippen LogP contribution is 2.66. The van der Waals surface area contributed by atoms with E-state index in [4.69, 9.17) is 37.9 Å². The van der Waals surface area contributed by atoms with Gasteiger partial charge >= 0.3 is 0 Å². The molecule has 0 aromatic heterocycles. The Hall–Kier alpha value is -9.52. The summed E-state index contributed by atoms with van der Waals surface area (Å²) in [6.07, 6.45) is 0. The molecule has 4 atom stereocenters. The number of hydrogen-bond acceptors (Lipinski definition) is 12. The molecule has 16 heteroatoms. The van der Waals surface area contributed by atoms with Crippen molar-refractivity contribution in [3.63, 3.8) is 0 Å². The molecule has 0 radical (unpaired) electrons. The Morgan fingerprint density at radius 2 is 0.571 bits per heavy atom. The third-order valence-corrected chi connectivity index (χ3v) is 30.3. The van der Waals surface area contributed by atoms with Crippen LogP contribution >= 0.6 is 28.6 Å². The van der Waals surface area contributed by atoms with E-state index in [1.54, 1.807) is 12.1 Å². The fraction of sp³-hybridized carbons (Fsp3) is 0. The average molecular weight is 1170 g/mol. The van der Waals surface area contributed by atoms with Crippen molar-refractivity contribution in [3.8, 4) is 103 Å². The van der Waals surface area contributed by atoms with Gasteiger partial charge in [-0.25, -0.2) is 0 Å². The van der Waals surface area contributed by atoms with Crippen LogP contribution in [0.2, 0.25) is 0 Å². The van der Waals surface area contributed by atoms with Gasteiger partial charge in [-0.05, 0) is 173 Å². The molecular weight excluding hydrogens is 1130 g/mol. The zero-order valence-corrected chi connectivity index (χ0v) is 46.9. The van der Waals surface area contributed by atoms with E-state index in [9.17, 15) is 0 Å². The number of benzene rings is 12. The van der Waals surface area contributed by atoms with Crippen molar-refractivity contribution >= 4 is 114 Å². The van der Waals surface area contributed by atoms with Gasteiger partial charge in [-0.15, -0.1) is 0 Å². The molecule has 0 amide bonds. The van der Waals surface area contributed by atoms with Crippen molar-refractivity contribution in [1.29, 1.82) is 0 Å². The summed E-state index contributed by atoms with van der Waals surface area (Å²) in [4.78, 5) is 0. The van der Waals surface area contributed by atoms with Gasteiger partial charge in [-0.1, -0.05) is 60.7 Å². The molecule has 0 spiro atoms.